The molecule has 1 aromatic heterocycles. The van der Waals surface area contributed by atoms with Crippen LogP contribution in [0.3, 0.4) is 0 Å². The predicted molar refractivity (Wildman–Crippen MR) is 192 cm³/mol. The Bertz CT molecular complexity index is 2100. The number of rotatable bonds is 7. The number of hydrogen-bond donors (Lipinski definition) is 0. The maximum atomic E-state index is 13.5. The topological polar surface area (TPSA) is 6.48 Å². The van der Waals surface area contributed by atoms with Gasteiger partial charge in [0.05, 0.1) is 0 Å². The Balaban J connectivity index is 1.26. The second kappa shape index (κ2) is 11.5. The minimum absolute atomic E-state index is 0.108. The van der Waals surface area contributed by atoms with E-state index in [1.54, 1.807) is 11.3 Å². The Morgan fingerprint density at radius 1 is 0.533 bits per heavy atom. The quantitative estimate of drug-likeness (QED) is 0.178. The molecular formula is C41H35FN2S. The number of hydrogen-bond acceptors (Lipinski definition) is 3. The molecule has 7 aromatic rings. The van der Waals surface area contributed by atoms with Gasteiger partial charge in [0.15, 0.2) is 0 Å². The first-order chi connectivity index (χ1) is 21.8. The van der Waals surface area contributed by atoms with Gasteiger partial charge in [-0.2, -0.15) is 0 Å². The molecule has 0 N–H and O–H groups in total. The summed E-state index contributed by atoms with van der Waals surface area (Å²) in [5.74, 6) is -0.227. The number of aryl methyl sites for hydroxylation is 1. The number of benzene rings is 6. The maximum Gasteiger partial charge on any atom is 0.123 e. The van der Waals surface area contributed by atoms with E-state index in [1.807, 2.05) is 19.2 Å². The van der Waals surface area contributed by atoms with Crippen molar-refractivity contribution in [2.24, 2.45) is 0 Å². The van der Waals surface area contributed by atoms with Crippen molar-refractivity contribution in [1.29, 1.82) is 0 Å². The van der Waals surface area contributed by atoms with Gasteiger partial charge in [-0.05, 0) is 90.8 Å². The summed E-state index contributed by atoms with van der Waals surface area (Å²) in [4.78, 5) is 4.43. The van der Waals surface area contributed by atoms with Gasteiger partial charge in [0.2, 0.25) is 0 Å². The lowest BCUT2D eigenvalue weighted by molar-refractivity contribution is 0.628. The van der Waals surface area contributed by atoms with E-state index in [-0.39, 0.29) is 11.2 Å². The monoisotopic (exact) mass is 606 g/mol. The van der Waals surface area contributed by atoms with Crippen LogP contribution in [-0.2, 0) is 5.41 Å². The lowest BCUT2D eigenvalue weighted by atomic mass is 9.78. The van der Waals surface area contributed by atoms with Crippen LogP contribution in [0.1, 0.15) is 30.5 Å². The summed E-state index contributed by atoms with van der Waals surface area (Å²) >= 11 is 1.80. The van der Waals surface area contributed by atoms with Crippen molar-refractivity contribution in [3.8, 4) is 0 Å². The molecule has 0 saturated carbocycles. The van der Waals surface area contributed by atoms with Crippen molar-refractivity contribution in [3.63, 3.8) is 0 Å². The molecule has 0 aliphatic rings. The molecule has 45 heavy (non-hydrogen) atoms. The Morgan fingerprint density at radius 2 is 1.02 bits per heavy atom. The van der Waals surface area contributed by atoms with Gasteiger partial charge in [-0.1, -0.05) is 86.1 Å². The number of nitrogens with zero attached hydrogens (tertiary/aromatic N) is 2. The van der Waals surface area contributed by atoms with Crippen molar-refractivity contribution in [2.45, 2.75) is 26.2 Å². The Labute approximate surface area is 268 Å². The molecule has 0 spiro atoms. The minimum atomic E-state index is -0.227. The first-order valence-electron chi connectivity index (χ1n) is 15.3. The summed E-state index contributed by atoms with van der Waals surface area (Å²) in [6.45, 7) is 6.71. The first-order valence-corrected chi connectivity index (χ1v) is 16.1. The van der Waals surface area contributed by atoms with Crippen molar-refractivity contribution in [1.82, 2.24) is 0 Å². The first kappa shape index (κ1) is 28.8. The molecule has 0 unspecified atom stereocenters. The maximum absolute atomic E-state index is 13.5. The summed E-state index contributed by atoms with van der Waals surface area (Å²) in [6, 6.07) is 48.4. The molecule has 222 valence electrons. The van der Waals surface area contributed by atoms with Gasteiger partial charge < -0.3 is 9.80 Å². The molecule has 0 saturated heterocycles. The van der Waals surface area contributed by atoms with Gasteiger partial charge in [-0.25, -0.2) is 4.39 Å². The van der Waals surface area contributed by atoms with E-state index in [4.69, 9.17) is 0 Å². The smallest absolute Gasteiger partial charge is 0.123 e. The van der Waals surface area contributed by atoms with Gasteiger partial charge in [-0.3, -0.25) is 0 Å². The molecule has 0 bridgehead atoms. The van der Waals surface area contributed by atoms with Crippen molar-refractivity contribution < 1.29 is 4.39 Å². The summed E-state index contributed by atoms with van der Waals surface area (Å²) in [5, 5.41) is 2.49. The lowest BCUT2D eigenvalue weighted by Gasteiger charge is -2.29. The van der Waals surface area contributed by atoms with Gasteiger partial charge >= 0.3 is 0 Å². The van der Waals surface area contributed by atoms with Crippen molar-refractivity contribution in [3.05, 3.63) is 162 Å². The number of anilines is 5. The van der Waals surface area contributed by atoms with Crippen LogP contribution in [-0.4, -0.2) is 7.05 Å². The third-order valence-electron chi connectivity index (χ3n) is 8.93. The van der Waals surface area contributed by atoms with Crippen LogP contribution in [0.4, 0.5) is 32.8 Å². The van der Waals surface area contributed by atoms with Crippen molar-refractivity contribution >= 4 is 59.9 Å². The molecule has 2 nitrogen and oxygen atoms in total. The van der Waals surface area contributed by atoms with Crippen LogP contribution >= 0.6 is 11.3 Å². The molecular weight excluding hydrogens is 572 g/mol. The fourth-order valence-corrected chi connectivity index (χ4v) is 7.28. The number of para-hydroxylation sites is 1. The SMILES string of the molecule is Cc1ccc(C(C)(C)c2ccc(N(c3ccccc3)c3ccc4c(c3)sc3cc(N(C)c5ccc(F)cc5)ccc34)cc2)cc1. The largest absolute Gasteiger partial charge is 0.345 e. The van der Waals surface area contributed by atoms with Crippen LogP contribution < -0.4 is 9.80 Å². The van der Waals surface area contributed by atoms with Crippen LogP contribution in [0.5, 0.6) is 0 Å². The Morgan fingerprint density at radius 3 is 1.64 bits per heavy atom. The number of fused-ring (bicyclic) bond motifs is 3. The van der Waals surface area contributed by atoms with E-state index in [0.717, 1.165) is 28.4 Å². The number of halogens is 1. The Kier molecular flexibility index (Phi) is 7.39. The van der Waals surface area contributed by atoms with E-state index in [0.29, 0.717) is 0 Å². The number of thiophene rings is 1. The summed E-state index contributed by atoms with van der Waals surface area (Å²) in [5.41, 5.74) is 9.13. The highest BCUT2D eigenvalue weighted by molar-refractivity contribution is 7.25. The zero-order valence-corrected chi connectivity index (χ0v) is 26.8. The lowest BCUT2D eigenvalue weighted by Crippen LogP contribution is -2.19. The zero-order valence-electron chi connectivity index (χ0n) is 26.0. The average Bonchev–Trinajstić information content (AvgIpc) is 3.43. The van der Waals surface area contributed by atoms with Gasteiger partial charge in [0.1, 0.15) is 5.82 Å². The van der Waals surface area contributed by atoms with E-state index in [2.05, 4.69) is 146 Å². The van der Waals surface area contributed by atoms with E-state index >= 15 is 0 Å². The fourth-order valence-electron chi connectivity index (χ4n) is 6.10. The van der Waals surface area contributed by atoms with Crippen LogP contribution in [0.2, 0.25) is 0 Å². The van der Waals surface area contributed by atoms with Gasteiger partial charge in [0.25, 0.3) is 0 Å². The molecule has 1 heterocycles. The second-order valence-corrected chi connectivity index (χ2v) is 13.3. The molecule has 4 heteroatoms. The molecule has 0 fully saturated rings. The fraction of sp³-hybridized carbons (Fsp3) is 0.122. The molecule has 0 aliphatic carbocycles. The third-order valence-corrected chi connectivity index (χ3v) is 10.1. The summed E-state index contributed by atoms with van der Waals surface area (Å²) < 4.78 is 16.0. The Hall–Kier alpha value is -4.93. The summed E-state index contributed by atoms with van der Waals surface area (Å²) in [6.07, 6.45) is 0. The molecule has 0 aliphatic heterocycles. The normalized spacial score (nSPS) is 11.7. The van der Waals surface area contributed by atoms with Crippen molar-refractivity contribution in [2.75, 3.05) is 16.8 Å². The average molecular weight is 607 g/mol. The molecule has 0 amide bonds. The molecule has 0 radical (unpaired) electrons. The van der Waals surface area contributed by atoms with Gasteiger partial charge in [0, 0.05) is 61.1 Å². The molecule has 0 atom stereocenters. The van der Waals surface area contributed by atoms with Gasteiger partial charge in [-0.15, -0.1) is 11.3 Å². The third kappa shape index (κ3) is 5.47. The summed E-state index contributed by atoms with van der Waals surface area (Å²) in [7, 11) is 2.02. The molecule has 7 rings (SSSR count). The second-order valence-electron chi connectivity index (χ2n) is 12.2. The van der Waals surface area contributed by atoms with Crippen LogP contribution in [0.25, 0.3) is 20.2 Å². The standard InChI is InChI=1S/C41H35FN2S/c1-28-10-12-29(13-11-28)41(2,3)30-14-18-34(19-15-30)44(33-8-6-5-7-9-33)36-23-25-38-37-24-22-35(26-39(37)45-40(38)27-36)43(4)32-20-16-31(42)17-21-32/h5-27H,1-4H3. The van der Waals surface area contributed by atoms with E-state index in [1.165, 1.54) is 49.0 Å². The van der Waals surface area contributed by atoms with Crippen LogP contribution in [0.15, 0.2) is 140 Å². The predicted octanol–water partition coefficient (Wildman–Crippen LogP) is 12.1. The highest BCUT2D eigenvalue weighted by atomic mass is 32.1. The highest BCUT2D eigenvalue weighted by Crippen LogP contribution is 2.42. The van der Waals surface area contributed by atoms with E-state index < -0.39 is 0 Å². The minimum Gasteiger partial charge on any atom is -0.345 e. The van der Waals surface area contributed by atoms with E-state index in [9.17, 15) is 4.39 Å². The molecule has 6 aromatic carbocycles. The highest BCUT2D eigenvalue weighted by Gasteiger charge is 2.24. The zero-order chi connectivity index (χ0) is 31.1. The van der Waals surface area contributed by atoms with Crippen LogP contribution in [0, 0.1) is 12.7 Å².